The first-order valence-electron chi connectivity index (χ1n) is 7.64. The monoisotopic (exact) mass is 357 g/mol. The van der Waals surface area contributed by atoms with Crippen molar-refractivity contribution in [2.45, 2.75) is 45.8 Å². The molecule has 0 saturated carbocycles. The van der Waals surface area contributed by atoms with Gasteiger partial charge in [0.25, 0.3) is 0 Å². The Morgan fingerprint density at radius 3 is 2.46 bits per heavy atom. The molecule has 1 rings (SSSR count). The van der Waals surface area contributed by atoms with Crippen LogP contribution in [0.1, 0.15) is 33.3 Å². The summed E-state index contributed by atoms with van der Waals surface area (Å²) in [5, 5.41) is 2.97. The van der Waals surface area contributed by atoms with Gasteiger partial charge in [-0.3, -0.25) is 0 Å². The maximum Gasteiger partial charge on any atom is 0.408 e. The van der Waals surface area contributed by atoms with E-state index in [1.165, 1.54) is 7.11 Å². The summed E-state index contributed by atoms with van der Waals surface area (Å²) in [6, 6.07) is 4.29. The van der Waals surface area contributed by atoms with Crippen molar-refractivity contribution in [1.29, 1.82) is 0 Å². The Bertz CT molecular complexity index is 583. The fourth-order valence-corrected chi connectivity index (χ4v) is 2.24. The number of halogens is 1. The van der Waals surface area contributed by atoms with Crippen LogP contribution in [0.25, 0.3) is 0 Å². The van der Waals surface area contributed by atoms with Gasteiger partial charge in [-0.05, 0) is 45.4 Å². The summed E-state index contributed by atoms with van der Waals surface area (Å²) in [5.74, 6) is 0.00324. The Labute approximate surface area is 147 Å². The van der Waals surface area contributed by atoms with Gasteiger partial charge in [0, 0.05) is 6.42 Å². The third-order valence-corrected chi connectivity index (χ3v) is 3.21. The number of benzene rings is 1. The van der Waals surface area contributed by atoms with Crippen molar-refractivity contribution in [3.8, 4) is 5.75 Å². The fraction of sp³-hybridized carbons (Fsp3) is 0.529. The molecule has 0 heterocycles. The summed E-state index contributed by atoms with van der Waals surface area (Å²) in [6.45, 7) is 7.15. The predicted octanol–water partition coefficient (Wildman–Crippen LogP) is 3.35. The van der Waals surface area contributed by atoms with Crippen molar-refractivity contribution >= 4 is 23.7 Å². The Morgan fingerprint density at radius 1 is 1.29 bits per heavy atom. The highest BCUT2D eigenvalue weighted by Crippen LogP contribution is 2.25. The van der Waals surface area contributed by atoms with Gasteiger partial charge in [0.05, 0.1) is 18.7 Å². The number of nitrogens with one attached hydrogen (secondary N) is 1. The summed E-state index contributed by atoms with van der Waals surface area (Å²) in [5.41, 5.74) is 0.0992. The topological polar surface area (TPSA) is 73.9 Å². The second kappa shape index (κ2) is 8.78. The van der Waals surface area contributed by atoms with Crippen molar-refractivity contribution in [3.05, 3.63) is 28.8 Å². The highest BCUT2D eigenvalue weighted by Gasteiger charge is 2.26. The average Bonchev–Trinajstić information content (AvgIpc) is 2.45. The Hall–Kier alpha value is -1.95. The Morgan fingerprint density at radius 2 is 1.96 bits per heavy atom. The standard InChI is InChI=1S/C17H24ClNO5/c1-6-23-15(20)13(19-16(21)24-17(2,3)4)10-11-7-8-14(22-5)12(18)9-11/h7-9,13H,6,10H2,1-5H3,(H,19,21)/t13-/m1/s1. The average molecular weight is 358 g/mol. The predicted molar refractivity (Wildman–Crippen MR) is 91.5 cm³/mol. The van der Waals surface area contributed by atoms with Crippen LogP contribution in [0.4, 0.5) is 4.79 Å². The lowest BCUT2D eigenvalue weighted by molar-refractivity contribution is -0.145. The lowest BCUT2D eigenvalue weighted by atomic mass is 10.1. The van der Waals surface area contributed by atoms with Gasteiger partial charge in [-0.1, -0.05) is 17.7 Å². The van der Waals surface area contributed by atoms with Crippen LogP contribution in [0, 0.1) is 0 Å². The number of esters is 1. The number of carbonyl (C=O) groups excluding carboxylic acids is 2. The van der Waals surface area contributed by atoms with E-state index in [1.807, 2.05) is 0 Å². The van der Waals surface area contributed by atoms with Gasteiger partial charge in [0.2, 0.25) is 0 Å². The summed E-state index contributed by atoms with van der Waals surface area (Å²) in [4.78, 5) is 24.1. The first-order chi connectivity index (χ1) is 11.2. The minimum atomic E-state index is -0.871. The first kappa shape index (κ1) is 20.1. The van der Waals surface area contributed by atoms with E-state index in [4.69, 9.17) is 25.8 Å². The van der Waals surface area contributed by atoms with Gasteiger partial charge in [-0.25, -0.2) is 9.59 Å². The van der Waals surface area contributed by atoms with E-state index >= 15 is 0 Å². The number of hydrogen-bond donors (Lipinski definition) is 1. The van der Waals surface area contributed by atoms with Crippen LogP contribution in [0.15, 0.2) is 18.2 Å². The van der Waals surface area contributed by atoms with Gasteiger partial charge >= 0.3 is 12.1 Å². The molecule has 1 atom stereocenters. The van der Waals surface area contributed by atoms with Crippen LogP contribution in [0.5, 0.6) is 5.75 Å². The molecule has 0 aliphatic heterocycles. The van der Waals surface area contributed by atoms with Crippen LogP contribution in [0.3, 0.4) is 0 Å². The van der Waals surface area contributed by atoms with E-state index in [1.54, 1.807) is 45.9 Å². The molecular weight excluding hydrogens is 334 g/mol. The molecule has 7 heteroatoms. The molecule has 0 saturated heterocycles. The van der Waals surface area contributed by atoms with Crippen molar-refractivity contribution in [2.24, 2.45) is 0 Å². The van der Waals surface area contributed by atoms with Gasteiger partial charge in [0.15, 0.2) is 0 Å². The number of rotatable bonds is 6. The van der Waals surface area contributed by atoms with Crippen LogP contribution in [0.2, 0.25) is 5.02 Å². The zero-order valence-corrected chi connectivity index (χ0v) is 15.4. The Kier molecular flexibility index (Phi) is 7.35. The van der Waals surface area contributed by atoms with E-state index < -0.39 is 23.7 Å². The van der Waals surface area contributed by atoms with Crippen molar-refractivity contribution in [3.63, 3.8) is 0 Å². The largest absolute Gasteiger partial charge is 0.495 e. The normalized spacial score (nSPS) is 12.2. The number of carbonyl (C=O) groups is 2. The number of methoxy groups -OCH3 is 1. The second-order valence-electron chi connectivity index (χ2n) is 6.12. The zero-order valence-electron chi connectivity index (χ0n) is 14.6. The van der Waals surface area contributed by atoms with E-state index in [2.05, 4.69) is 5.32 Å². The van der Waals surface area contributed by atoms with Crippen LogP contribution in [-0.2, 0) is 20.7 Å². The molecule has 0 radical (unpaired) electrons. The molecule has 0 spiro atoms. The second-order valence-corrected chi connectivity index (χ2v) is 6.53. The molecule has 0 aliphatic rings. The van der Waals surface area contributed by atoms with E-state index in [0.717, 1.165) is 5.56 Å². The smallest absolute Gasteiger partial charge is 0.408 e. The molecule has 1 N–H and O–H groups in total. The summed E-state index contributed by atoms with van der Waals surface area (Å²) < 4.78 is 15.3. The van der Waals surface area contributed by atoms with Gasteiger partial charge in [0.1, 0.15) is 17.4 Å². The van der Waals surface area contributed by atoms with E-state index in [0.29, 0.717) is 10.8 Å². The molecule has 0 bridgehead atoms. The summed E-state index contributed by atoms with van der Waals surface area (Å²) >= 11 is 6.09. The fourth-order valence-electron chi connectivity index (χ4n) is 1.96. The lowest BCUT2D eigenvalue weighted by Crippen LogP contribution is -2.45. The van der Waals surface area contributed by atoms with Gasteiger partial charge < -0.3 is 19.5 Å². The number of amides is 1. The van der Waals surface area contributed by atoms with Gasteiger partial charge in [-0.15, -0.1) is 0 Å². The maximum absolute atomic E-state index is 12.1. The number of alkyl carbamates (subject to hydrolysis) is 1. The molecular formula is C17H24ClNO5. The maximum atomic E-state index is 12.1. The van der Waals surface area contributed by atoms with Crippen LogP contribution in [-0.4, -0.2) is 37.4 Å². The molecule has 1 aromatic carbocycles. The highest BCUT2D eigenvalue weighted by atomic mass is 35.5. The molecule has 1 aromatic rings. The number of hydrogen-bond acceptors (Lipinski definition) is 5. The molecule has 24 heavy (non-hydrogen) atoms. The first-order valence-corrected chi connectivity index (χ1v) is 8.02. The Balaban J connectivity index is 2.88. The van der Waals surface area contributed by atoms with Crippen molar-refractivity contribution in [2.75, 3.05) is 13.7 Å². The molecule has 134 valence electrons. The third kappa shape index (κ3) is 6.66. The van der Waals surface area contributed by atoms with E-state index in [9.17, 15) is 9.59 Å². The van der Waals surface area contributed by atoms with Crippen molar-refractivity contribution in [1.82, 2.24) is 5.32 Å². The molecule has 0 unspecified atom stereocenters. The quantitative estimate of drug-likeness (QED) is 0.790. The van der Waals surface area contributed by atoms with Crippen LogP contribution < -0.4 is 10.1 Å². The summed E-state index contributed by atoms with van der Waals surface area (Å²) in [7, 11) is 1.52. The van der Waals surface area contributed by atoms with Gasteiger partial charge in [-0.2, -0.15) is 0 Å². The minimum absolute atomic E-state index is 0.217. The van der Waals surface area contributed by atoms with E-state index in [-0.39, 0.29) is 13.0 Å². The SMILES string of the molecule is CCOC(=O)[C@@H](Cc1ccc(OC)c(Cl)c1)NC(=O)OC(C)(C)C. The number of ether oxygens (including phenoxy) is 3. The molecule has 6 nitrogen and oxygen atoms in total. The zero-order chi connectivity index (χ0) is 18.3. The van der Waals surface area contributed by atoms with Crippen molar-refractivity contribution < 1.29 is 23.8 Å². The minimum Gasteiger partial charge on any atom is -0.495 e. The summed E-state index contributed by atoms with van der Waals surface area (Å²) in [6.07, 6.45) is -0.456. The molecule has 0 aliphatic carbocycles. The highest BCUT2D eigenvalue weighted by molar-refractivity contribution is 6.32. The lowest BCUT2D eigenvalue weighted by Gasteiger charge is -2.23. The molecule has 0 fully saturated rings. The molecule has 0 aromatic heterocycles. The van der Waals surface area contributed by atoms with Crippen LogP contribution >= 0.6 is 11.6 Å². The third-order valence-electron chi connectivity index (χ3n) is 2.92. The molecule has 1 amide bonds.